The zero-order valence-electron chi connectivity index (χ0n) is 6.68. The third-order valence-corrected chi connectivity index (χ3v) is 2.16. The molecule has 10 heavy (non-hydrogen) atoms. The highest BCUT2D eigenvalue weighted by Crippen LogP contribution is 2.39. The Balaban J connectivity index is 2.40. The Bertz CT molecular complexity index is 147. The minimum Gasteiger partial charge on any atom is -0.369 e. The van der Waals surface area contributed by atoms with Gasteiger partial charge in [-0.3, -0.25) is 4.79 Å². The predicted molar refractivity (Wildman–Crippen MR) is 40.3 cm³/mol. The van der Waals surface area contributed by atoms with Crippen LogP contribution in [-0.2, 0) is 4.79 Å². The number of rotatable bonds is 3. The number of amides is 1. The molecule has 0 radical (unpaired) electrons. The van der Waals surface area contributed by atoms with E-state index in [1.54, 1.807) is 0 Å². The number of hydrogen-bond donors (Lipinski definition) is 1. The third-order valence-electron chi connectivity index (χ3n) is 2.16. The lowest BCUT2D eigenvalue weighted by Crippen LogP contribution is -2.31. The van der Waals surface area contributed by atoms with E-state index in [1.165, 1.54) is 12.8 Å². The highest BCUT2D eigenvalue weighted by molar-refractivity contribution is 5.79. The standard InChI is InChI=1S/C8H15NO/c1-8(2,7(9)10)5-6-3-4-6/h6H,3-5H2,1-2H3,(H2,9,10). The van der Waals surface area contributed by atoms with Crippen molar-refractivity contribution in [3.8, 4) is 0 Å². The molecule has 1 aliphatic rings. The summed E-state index contributed by atoms with van der Waals surface area (Å²) in [6.07, 6.45) is 3.55. The molecule has 1 fully saturated rings. The van der Waals surface area contributed by atoms with E-state index in [-0.39, 0.29) is 11.3 Å². The van der Waals surface area contributed by atoms with Crippen LogP contribution < -0.4 is 5.73 Å². The van der Waals surface area contributed by atoms with Crippen molar-refractivity contribution >= 4 is 5.91 Å². The number of hydrogen-bond acceptors (Lipinski definition) is 1. The monoisotopic (exact) mass is 141 g/mol. The molecule has 0 saturated heterocycles. The highest BCUT2D eigenvalue weighted by atomic mass is 16.1. The molecule has 0 bridgehead atoms. The average molecular weight is 141 g/mol. The molecule has 0 aliphatic heterocycles. The SMILES string of the molecule is CC(C)(CC1CC1)C(N)=O. The molecule has 0 aromatic carbocycles. The van der Waals surface area contributed by atoms with Gasteiger partial charge in [0.15, 0.2) is 0 Å². The van der Waals surface area contributed by atoms with Crippen LogP contribution in [0.3, 0.4) is 0 Å². The molecule has 0 spiro atoms. The van der Waals surface area contributed by atoms with Crippen molar-refractivity contribution in [2.45, 2.75) is 33.1 Å². The van der Waals surface area contributed by atoms with Crippen molar-refractivity contribution in [2.75, 3.05) is 0 Å². The van der Waals surface area contributed by atoms with Crippen molar-refractivity contribution < 1.29 is 4.79 Å². The number of carbonyl (C=O) groups excluding carboxylic acids is 1. The molecule has 1 saturated carbocycles. The lowest BCUT2D eigenvalue weighted by molar-refractivity contribution is -0.126. The van der Waals surface area contributed by atoms with Crippen LogP contribution in [0.15, 0.2) is 0 Å². The summed E-state index contributed by atoms with van der Waals surface area (Å²) >= 11 is 0. The van der Waals surface area contributed by atoms with E-state index in [2.05, 4.69) is 0 Å². The van der Waals surface area contributed by atoms with Crippen molar-refractivity contribution in [3.63, 3.8) is 0 Å². The van der Waals surface area contributed by atoms with Gasteiger partial charge in [0, 0.05) is 5.41 Å². The van der Waals surface area contributed by atoms with Gasteiger partial charge in [-0.15, -0.1) is 0 Å². The van der Waals surface area contributed by atoms with E-state index in [0.29, 0.717) is 0 Å². The van der Waals surface area contributed by atoms with Gasteiger partial charge in [0.25, 0.3) is 0 Å². The van der Waals surface area contributed by atoms with Gasteiger partial charge in [-0.2, -0.15) is 0 Å². The Hall–Kier alpha value is -0.530. The molecule has 2 heteroatoms. The smallest absolute Gasteiger partial charge is 0.223 e. The molecule has 2 N–H and O–H groups in total. The molecule has 1 amide bonds. The minimum absolute atomic E-state index is 0.167. The summed E-state index contributed by atoms with van der Waals surface area (Å²) in [5.41, 5.74) is 4.93. The van der Waals surface area contributed by atoms with Crippen LogP contribution in [-0.4, -0.2) is 5.91 Å². The molecular formula is C8H15NO. The summed E-state index contributed by atoms with van der Waals surface area (Å²) in [4.78, 5) is 10.8. The highest BCUT2D eigenvalue weighted by Gasteiger charge is 2.33. The van der Waals surface area contributed by atoms with Crippen LogP contribution >= 0.6 is 0 Å². The Morgan fingerprint density at radius 2 is 2.10 bits per heavy atom. The topological polar surface area (TPSA) is 43.1 Å². The Morgan fingerprint density at radius 1 is 1.60 bits per heavy atom. The predicted octanol–water partition coefficient (Wildman–Crippen LogP) is 1.30. The van der Waals surface area contributed by atoms with Gasteiger partial charge < -0.3 is 5.73 Å². The van der Waals surface area contributed by atoms with Gasteiger partial charge in [0.05, 0.1) is 0 Å². The first-order chi connectivity index (χ1) is 4.52. The molecular weight excluding hydrogens is 126 g/mol. The molecule has 0 aromatic rings. The molecule has 0 atom stereocenters. The van der Waals surface area contributed by atoms with E-state index in [0.717, 1.165) is 12.3 Å². The van der Waals surface area contributed by atoms with Crippen molar-refractivity contribution in [2.24, 2.45) is 17.1 Å². The lowest BCUT2D eigenvalue weighted by atomic mass is 9.86. The summed E-state index contributed by atoms with van der Waals surface area (Å²) in [6, 6.07) is 0. The molecule has 1 rings (SSSR count). The zero-order valence-corrected chi connectivity index (χ0v) is 6.68. The first-order valence-electron chi connectivity index (χ1n) is 3.82. The summed E-state index contributed by atoms with van der Waals surface area (Å²) in [7, 11) is 0. The van der Waals surface area contributed by atoms with E-state index >= 15 is 0 Å². The van der Waals surface area contributed by atoms with Gasteiger partial charge in [-0.25, -0.2) is 0 Å². The number of nitrogens with two attached hydrogens (primary N) is 1. The van der Waals surface area contributed by atoms with Crippen molar-refractivity contribution in [1.29, 1.82) is 0 Å². The first-order valence-corrected chi connectivity index (χ1v) is 3.82. The average Bonchev–Trinajstić information content (AvgIpc) is 2.48. The van der Waals surface area contributed by atoms with Gasteiger partial charge in [0.2, 0.25) is 5.91 Å². The molecule has 1 aliphatic carbocycles. The lowest BCUT2D eigenvalue weighted by Gasteiger charge is -2.19. The van der Waals surface area contributed by atoms with Crippen LogP contribution in [0.4, 0.5) is 0 Å². The van der Waals surface area contributed by atoms with Crippen molar-refractivity contribution in [1.82, 2.24) is 0 Å². The maximum Gasteiger partial charge on any atom is 0.223 e. The maximum absolute atomic E-state index is 10.8. The molecule has 2 nitrogen and oxygen atoms in total. The fraction of sp³-hybridized carbons (Fsp3) is 0.875. The second kappa shape index (κ2) is 2.26. The summed E-state index contributed by atoms with van der Waals surface area (Å²) in [5, 5.41) is 0. The second-order valence-electron chi connectivity index (χ2n) is 3.90. The third kappa shape index (κ3) is 1.72. The maximum atomic E-state index is 10.8. The Kier molecular flexibility index (Phi) is 1.71. The van der Waals surface area contributed by atoms with E-state index in [1.807, 2.05) is 13.8 Å². The van der Waals surface area contributed by atoms with Crippen molar-refractivity contribution in [3.05, 3.63) is 0 Å². The Morgan fingerprint density at radius 3 is 2.40 bits per heavy atom. The largest absolute Gasteiger partial charge is 0.369 e. The van der Waals surface area contributed by atoms with Crippen LogP contribution in [0.25, 0.3) is 0 Å². The van der Waals surface area contributed by atoms with Crippen LogP contribution in [0.5, 0.6) is 0 Å². The van der Waals surface area contributed by atoms with Gasteiger partial charge in [-0.05, 0) is 12.3 Å². The molecule has 0 aromatic heterocycles. The molecule has 58 valence electrons. The van der Waals surface area contributed by atoms with Crippen LogP contribution in [0, 0.1) is 11.3 Å². The molecule has 0 heterocycles. The zero-order chi connectivity index (χ0) is 7.78. The number of primary amides is 1. The van der Waals surface area contributed by atoms with Gasteiger partial charge in [-0.1, -0.05) is 26.7 Å². The molecule has 0 unspecified atom stereocenters. The van der Waals surface area contributed by atoms with Gasteiger partial charge in [0.1, 0.15) is 0 Å². The summed E-state index contributed by atoms with van der Waals surface area (Å²) in [6.45, 7) is 3.85. The first kappa shape index (κ1) is 7.58. The fourth-order valence-corrected chi connectivity index (χ4v) is 1.14. The quantitative estimate of drug-likeness (QED) is 0.632. The summed E-state index contributed by atoms with van der Waals surface area (Å²) < 4.78 is 0. The number of carbonyl (C=O) groups is 1. The van der Waals surface area contributed by atoms with E-state index in [4.69, 9.17) is 5.73 Å². The Labute approximate surface area is 61.8 Å². The van der Waals surface area contributed by atoms with E-state index < -0.39 is 0 Å². The normalized spacial score (nSPS) is 19.0. The van der Waals surface area contributed by atoms with Crippen LogP contribution in [0.1, 0.15) is 33.1 Å². The minimum atomic E-state index is -0.277. The second-order valence-corrected chi connectivity index (χ2v) is 3.90. The fourth-order valence-electron chi connectivity index (χ4n) is 1.14. The van der Waals surface area contributed by atoms with Crippen LogP contribution in [0.2, 0.25) is 0 Å². The summed E-state index contributed by atoms with van der Waals surface area (Å²) in [5.74, 6) is 0.613. The van der Waals surface area contributed by atoms with E-state index in [9.17, 15) is 4.79 Å². The van der Waals surface area contributed by atoms with Gasteiger partial charge >= 0.3 is 0 Å².